The van der Waals surface area contributed by atoms with Crippen LogP contribution in [-0.2, 0) is 6.18 Å². The Bertz CT molecular complexity index is 493. The molecule has 0 fully saturated rings. The minimum atomic E-state index is -4.40. The lowest BCUT2D eigenvalue weighted by Gasteiger charge is -2.11. The lowest BCUT2D eigenvalue weighted by molar-refractivity contribution is -0.137. The van der Waals surface area contributed by atoms with Crippen LogP contribution in [0, 0.1) is 11.5 Å². The maximum Gasteiger partial charge on any atom is 0.417 e. The van der Waals surface area contributed by atoms with Gasteiger partial charge in [0.1, 0.15) is 13.8 Å². The van der Waals surface area contributed by atoms with E-state index in [2.05, 4.69) is 11.5 Å². The van der Waals surface area contributed by atoms with Gasteiger partial charge in [-0.05, 0) is 18.2 Å². The van der Waals surface area contributed by atoms with Gasteiger partial charge in [0, 0.05) is 5.56 Å². The molecule has 0 aliphatic heterocycles. The molecule has 0 amide bonds. The van der Waals surface area contributed by atoms with E-state index >= 15 is 0 Å². The zero-order chi connectivity index (χ0) is 14.0. The summed E-state index contributed by atoms with van der Waals surface area (Å²) in [7, 11) is -1.34. The van der Waals surface area contributed by atoms with E-state index in [0.717, 1.165) is 6.07 Å². The smallest absolute Gasteiger partial charge is 0.417 e. The molecule has 0 aromatic heterocycles. The third-order valence-corrected chi connectivity index (χ3v) is 3.45. The highest BCUT2D eigenvalue weighted by Gasteiger charge is 2.33. The van der Waals surface area contributed by atoms with Crippen LogP contribution >= 0.6 is 0 Å². The summed E-state index contributed by atoms with van der Waals surface area (Å²) in [6.07, 6.45) is -4.40. The van der Waals surface area contributed by atoms with Crippen LogP contribution in [0.4, 0.5) is 13.2 Å². The van der Waals surface area contributed by atoms with E-state index in [-0.39, 0.29) is 11.3 Å². The third kappa shape index (κ3) is 4.24. The first-order valence-electron chi connectivity index (χ1n) is 5.42. The molecule has 0 atom stereocenters. The molecule has 18 heavy (non-hydrogen) atoms. The number of benzene rings is 1. The Morgan fingerprint density at radius 3 is 2.28 bits per heavy atom. The largest absolute Gasteiger partial charge is 0.553 e. The van der Waals surface area contributed by atoms with Gasteiger partial charge in [0.05, 0.1) is 5.56 Å². The molecule has 1 aromatic rings. The zero-order valence-corrected chi connectivity index (χ0v) is 13.8. The predicted molar refractivity (Wildman–Crippen MR) is 72.2 cm³/mol. The highest BCUT2D eigenvalue weighted by atomic mass is 28.3. The molecule has 0 unspecified atom stereocenters. The normalized spacial score (nSPS) is 11.9. The van der Waals surface area contributed by atoms with Crippen molar-refractivity contribution in [2.24, 2.45) is 0 Å². The SMILES string of the molecule is C[Si](C)(C)C#Cc1ccc(O[SiH3])cc1C(F)(F)F. The summed E-state index contributed by atoms with van der Waals surface area (Å²) in [4.78, 5) is 0. The summed E-state index contributed by atoms with van der Waals surface area (Å²) in [6.45, 7) is 5.97. The van der Waals surface area contributed by atoms with Gasteiger partial charge in [0.15, 0.2) is 0 Å². The molecule has 1 aromatic carbocycles. The third-order valence-electron chi connectivity index (χ3n) is 2.10. The average molecular weight is 288 g/mol. The fraction of sp³-hybridized carbons (Fsp3) is 0.333. The summed E-state index contributed by atoms with van der Waals surface area (Å²) in [5.74, 6) is 2.90. The van der Waals surface area contributed by atoms with Crippen LogP contribution in [0.25, 0.3) is 0 Å². The zero-order valence-electron chi connectivity index (χ0n) is 10.8. The molecule has 0 aliphatic rings. The quantitative estimate of drug-likeness (QED) is 0.570. The van der Waals surface area contributed by atoms with Crippen LogP contribution in [0.15, 0.2) is 18.2 Å². The number of rotatable bonds is 1. The fourth-order valence-corrected chi connectivity index (χ4v) is 2.01. The second kappa shape index (κ2) is 5.20. The number of alkyl halides is 3. The Morgan fingerprint density at radius 1 is 1.22 bits per heavy atom. The van der Waals surface area contributed by atoms with Crippen molar-refractivity contribution < 1.29 is 17.6 Å². The highest BCUT2D eigenvalue weighted by Crippen LogP contribution is 2.34. The molecule has 0 saturated carbocycles. The first-order chi connectivity index (χ1) is 8.13. The van der Waals surface area contributed by atoms with E-state index < -0.39 is 19.8 Å². The van der Waals surface area contributed by atoms with Crippen LogP contribution in [0.1, 0.15) is 11.1 Å². The van der Waals surface area contributed by atoms with Gasteiger partial charge in [-0.2, -0.15) is 13.2 Å². The van der Waals surface area contributed by atoms with Crippen LogP contribution in [-0.4, -0.2) is 18.6 Å². The summed E-state index contributed by atoms with van der Waals surface area (Å²) in [5.41, 5.74) is 2.24. The maximum atomic E-state index is 12.9. The van der Waals surface area contributed by atoms with Crippen molar-refractivity contribution in [1.82, 2.24) is 0 Å². The summed E-state index contributed by atoms with van der Waals surface area (Å²) in [6, 6.07) is 3.92. The lowest BCUT2D eigenvalue weighted by atomic mass is 10.1. The van der Waals surface area contributed by atoms with Crippen molar-refractivity contribution in [2.45, 2.75) is 25.8 Å². The Balaban J connectivity index is 3.31. The van der Waals surface area contributed by atoms with Gasteiger partial charge in [-0.15, -0.1) is 5.54 Å². The van der Waals surface area contributed by atoms with E-state index in [1.807, 2.05) is 19.6 Å². The van der Waals surface area contributed by atoms with Crippen molar-refractivity contribution in [2.75, 3.05) is 0 Å². The van der Waals surface area contributed by atoms with E-state index in [1.54, 1.807) is 0 Å². The van der Waals surface area contributed by atoms with Gasteiger partial charge in [-0.25, -0.2) is 0 Å². The summed E-state index contributed by atoms with van der Waals surface area (Å²) in [5, 5.41) is 0. The van der Waals surface area contributed by atoms with Gasteiger partial charge in [-0.1, -0.05) is 25.6 Å². The van der Waals surface area contributed by atoms with Crippen LogP contribution in [0.2, 0.25) is 19.6 Å². The molecular formula is C12H15F3OSi2. The van der Waals surface area contributed by atoms with Crippen molar-refractivity contribution in [3.63, 3.8) is 0 Å². The fourth-order valence-electron chi connectivity index (χ4n) is 1.25. The van der Waals surface area contributed by atoms with E-state index in [1.165, 1.54) is 12.1 Å². The molecule has 0 heterocycles. The number of halogens is 3. The van der Waals surface area contributed by atoms with Gasteiger partial charge in [-0.3, -0.25) is 0 Å². The van der Waals surface area contributed by atoms with Crippen molar-refractivity contribution in [1.29, 1.82) is 0 Å². The summed E-state index contributed by atoms with van der Waals surface area (Å²) < 4.78 is 43.6. The molecule has 0 N–H and O–H groups in total. The lowest BCUT2D eigenvalue weighted by Crippen LogP contribution is -2.16. The Hall–Kier alpha value is -1.20. The molecule has 0 bridgehead atoms. The minimum absolute atomic E-state index is 0.0207. The molecular weight excluding hydrogens is 273 g/mol. The highest BCUT2D eigenvalue weighted by molar-refractivity contribution is 6.83. The van der Waals surface area contributed by atoms with Crippen LogP contribution < -0.4 is 4.43 Å². The van der Waals surface area contributed by atoms with E-state index in [9.17, 15) is 13.2 Å². The molecule has 0 saturated heterocycles. The minimum Gasteiger partial charge on any atom is -0.553 e. The van der Waals surface area contributed by atoms with Crippen molar-refractivity contribution in [3.8, 4) is 17.2 Å². The summed E-state index contributed by atoms with van der Waals surface area (Å²) >= 11 is 0. The number of hydrogen-bond donors (Lipinski definition) is 0. The molecule has 0 aliphatic carbocycles. The number of hydrogen-bond acceptors (Lipinski definition) is 1. The van der Waals surface area contributed by atoms with Gasteiger partial charge in [0.25, 0.3) is 0 Å². The van der Waals surface area contributed by atoms with Crippen LogP contribution in [0.5, 0.6) is 5.75 Å². The molecule has 98 valence electrons. The standard InChI is InChI=1S/C12H15F3OSi2/c1-18(2,3)7-6-9-4-5-10(16-17)8-11(9)12(13,14)15/h4-5,8H,1-3,17H3. The van der Waals surface area contributed by atoms with Gasteiger partial charge in [0.2, 0.25) is 10.5 Å². The molecule has 0 spiro atoms. The van der Waals surface area contributed by atoms with Crippen molar-refractivity contribution in [3.05, 3.63) is 29.3 Å². The topological polar surface area (TPSA) is 9.23 Å². The predicted octanol–water partition coefficient (Wildman–Crippen LogP) is 2.59. The Labute approximate surface area is 109 Å². The molecule has 6 heteroatoms. The second-order valence-electron chi connectivity index (χ2n) is 4.91. The Morgan fingerprint density at radius 2 is 1.83 bits per heavy atom. The second-order valence-corrected chi connectivity index (χ2v) is 10.1. The van der Waals surface area contributed by atoms with E-state index in [0.29, 0.717) is 10.5 Å². The maximum absolute atomic E-state index is 12.9. The van der Waals surface area contributed by atoms with Crippen molar-refractivity contribution >= 4 is 18.6 Å². The monoisotopic (exact) mass is 288 g/mol. The van der Waals surface area contributed by atoms with Gasteiger partial charge >= 0.3 is 6.18 Å². The first kappa shape index (κ1) is 14.9. The Kier molecular flexibility index (Phi) is 4.30. The average Bonchev–Trinajstić information content (AvgIpc) is 2.24. The molecule has 1 rings (SSSR count). The van der Waals surface area contributed by atoms with Gasteiger partial charge < -0.3 is 4.43 Å². The molecule has 1 nitrogen and oxygen atoms in total. The first-order valence-corrected chi connectivity index (χ1v) is 9.73. The van der Waals surface area contributed by atoms with E-state index in [4.69, 9.17) is 4.43 Å². The van der Waals surface area contributed by atoms with Crippen LogP contribution in [0.3, 0.4) is 0 Å². The molecule has 0 radical (unpaired) electrons.